The number of fused-ring (bicyclic) bond motifs is 2. The van der Waals surface area contributed by atoms with Crippen molar-refractivity contribution in [1.29, 1.82) is 0 Å². The van der Waals surface area contributed by atoms with Crippen LogP contribution in [0.3, 0.4) is 0 Å². The first-order valence-electron chi connectivity index (χ1n) is 7.20. The van der Waals surface area contributed by atoms with E-state index in [4.69, 9.17) is 4.42 Å². The van der Waals surface area contributed by atoms with Crippen LogP contribution in [0.15, 0.2) is 16.5 Å². The van der Waals surface area contributed by atoms with Crippen molar-refractivity contribution in [3.8, 4) is 0 Å². The summed E-state index contributed by atoms with van der Waals surface area (Å²) in [5.74, 6) is 2.92. The molecular formula is C15H24N2O. The summed E-state index contributed by atoms with van der Waals surface area (Å²) in [5.41, 5.74) is 0. The average Bonchev–Trinajstić information content (AvgIpc) is 2.82. The lowest BCUT2D eigenvalue weighted by atomic mass is 9.91. The Morgan fingerprint density at radius 3 is 2.61 bits per heavy atom. The fraction of sp³-hybridized carbons (Fsp3) is 0.733. The summed E-state index contributed by atoms with van der Waals surface area (Å²) in [5, 5.41) is 3.56. The Morgan fingerprint density at radius 2 is 2.00 bits per heavy atom. The number of rotatable bonds is 4. The number of hydrogen-bond donors (Lipinski definition) is 1. The zero-order valence-electron chi connectivity index (χ0n) is 11.5. The topological polar surface area (TPSA) is 28.4 Å². The molecule has 0 aromatic carbocycles. The Kier molecular flexibility index (Phi) is 3.44. The van der Waals surface area contributed by atoms with E-state index in [0.29, 0.717) is 0 Å². The van der Waals surface area contributed by atoms with Crippen LogP contribution >= 0.6 is 0 Å². The maximum atomic E-state index is 5.57. The van der Waals surface area contributed by atoms with E-state index in [1.807, 2.05) is 13.0 Å². The molecule has 3 nitrogen and oxygen atoms in total. The highest BCUT2D eigenvalue weighted by Crippen LogP contribution is 2.36. The van der Waals surface area contributed by atoms with Gasteiger partial charge in [-0.25, -0.2) is 0 Å². The second kappa shape index (κ2) is 5.06. The van der Waals surface area contributed by atoms with Gasteiger partial charge in [0.2, 0.25) is 0 Å². The van der Waals surface area contributed by atoms with Crippen molar-refractivity contribution in [2.75, 3.05) is 13.6 Å². The molecule has 2 bridgehead atoms. The lowest BCUT2D eigenvalue weighted by Crippen LogP contribution is -2.42. The molecule has 18 heavy (non-hydrogen) atoms. The highest BCUT2D eigenvalue weighted by molar-refractivity contribution is 5.05. The van der Waals surface area contributed by atoms with Gasteiger partial charge in [-0.15, -0.1) is 0 Å². The molecule has 2 unspecified atom stereocenters. The zero-order chi connectivity index (χ0) is 12.5. The van der Waals surface area contributed by atoms with Gasteiger partial charge in [0.15, 0.2) is 0 Å². The fourth-order valence-electron chi connectivity index (χ4n) is 3.67. The Hall–Kier alpha value is -0.800. The molecule has 0 radical (unpaired) electrons. The standard InChI is InChI=1S/C15H24N2O/c1-11-3-6-15(18-11)10-16-9-12-7-13-4-5-14(8-12)17(13)2/h3,6,12-14,16H,4-5,7-10H2,1-2H3. The highest BCUT2D eigenvalue weighted by atomic mass is 16.3. The van der Waals surface area contributed by atoms with E-state index in [-0.39, 0.29) is 0 Å². The SMILES string of the molecule is Cc1ccc(CNCC2CC3CCC(C2)N3C)o1. The van der Waals surface area contributed by atoms with E-state index < -0.39 is 0 Å². The largest absolute Gasteiger partial charge is 0.465 e. The quantitative estimate of drug-likeness (QED) is 0.887. The van der Waals surface area contributed by atoms with Crippen LogP contribution in [0.2, 0.25) is 0 Å². The number of furan rings is 1. The van der Waals surface area contributed by atoms with Gasteiger partial charge in [-0.05, 0) is 64.3 Å². The second-order valence-electron chi connectivity index (χ2n) is 6.03. The van der Waals surface area contributed by atoms with Crippen LogP contribution in [-0.2, 0) is 6.54 Å². The average molecular weight is 248 g/mol. The second-order valence-corrected chi connectivity index (χ2v) is 6.03. The number of nitrogens with one attached hydrogen (secondary N) is 1. The van der Waals surface area contributed by atoms with E-state index in [2.05, 4.69) is 23.3 Å². The van der Waals surface area contributed by atoms with Crippen LogP contribution in [0.1, 0.15) is 37.2 Å². The Balaban J connectivity index is 1.44. The summed E-state index contributed by atoms with van der Waals surface area (Å²) in [6, 6.07) is 5.80. The lowest BCUT2D eigenvalue weighted by molar-refractivity contribution is 0.132. The molecule has 1 aromatic rings. The molecule has 3 heteroatoms. The molecule has 2 fully saturated rings. The van der Waals surface area contributed by atoms with Crippen LogP contribution in [0.25, 0.3) is 0 Å². The van der Waals surface area contributed by atoms with Crippen molar-refractivity contribution in [2.24, 2.45) is 5.92 Å². The summed E-state index contributed by atoms with van der Waals surface area (Å²) in [6.07, 6.45) is 5.57. The summed E-state index contributed by atoms with van der Waals surface area (Å²) in [7, 11) is 2.30. The molecule has 3 rings (SSSR count). The molecule has 0 spiro atoms. The van der Waals surface area contributed by atoms with Gasteiger partial charge < -0.3 is 14.6 Å². The van der Waals surface area contributed by atoms with Crippen molar-refractivity contribution in [1.82, 2.24) is 10.2 Å². The van der Waals surface area contributed by atoms with Gasteiger partial charge >= 0.3 is 0 Å². The summed E-state index contributed by atoms with van der Waals surface area (Å²) >= 11 is 0. The Morgan fingerprint density at radius 1 is 1.28 bits per heavy atom. The van der Waals surface area contributed by atoms with E-state index in [9.17, 15) is 0 Å². The smallest absolute Gasteiger partial charge is 0.117 e. The van der Waals surface area contributed by atoms with Crippen LogP contribution in [0.5, 0.6) is 0 Å². The lowest BCUT2D eigenvalue weighted by Gasteiger charge is -2.36. The fourth-order valence-corrected chi connectivity index (χ4v) is 3.67. The van der Waals surface area contributed by atoms with E-state index in [1.165, 1.54) is 25.7 Å². The molecule has 2 aliphatic heterocycles. The van der Waals surface area contributed by atoms with Crippen LogP contribution in [-0.4, -0.2) is 30.6 Å². The molecule has 1 N–H and O–H groups in total. The van der Waals surface area contributed by atoms with Crippen molar-refractivity contribution in [3.63, 3.8) is 0 Å². The minimum Gasteiger partial charge on any atom is -0.465 e. The monoisotopic (exact) mass is 248 g/mol. The van der Waals surface area contributed by atoms with Crippen molar-refractivity contribution in [3.05, 3.63) is 23.7 Å². The maximum absolute atomic E-state index is 5.57. The van der Waals surface area contributed by atoms with Crippen LogP contribution in [0.4, 0.5) is 0 Å². The Labute approximate surface area is 110 Å². The summed E-state index contributed by atoms with van der Waals surface area (Å²) in [4.78, 5) is 2.60. The van der Waals surface area contributed by atoms with Crippen molar-refractivity contribution in [2.45, 2.75) is 51.2 Å². The first-order chi connectivity index (χ1) is 8.72. The molecule has 0 aliphatic carbocycles. The summed E-state index contributed by atoms with van der Waals surface area (Å²) < 4.78 is 5.57. The first-order valence-corrected chi connectivity index (χ1v) is 7.20. The molecule has 2 aliphatic rings. The normalized spacial score (nSPS) is 32.0. The third kappa shape index (κ3) is 2.47. The molecule has 2 atom stereocenters. The minimum atomic E-state index is 0.849. The Bertz CT molecular complexity index is 387. The van der Waals surface area contributed by atoms with E-state index in [0.717, 1.165) is 42.6 Å². The van der Waals surface area contributed by atoms with Gasteiger partial charge in [0, 0.05) is 12.1 Å². The molecular weight excluding hydrogens is 224 g/mol. The molecule has 3 heterocycles. The minimum absolute atomic E-state index is 0.849. The predicted octanol–water partition coefficient (Wildman–Crippen LogP) is 2.55. The zero-order valence-corrected chi connectivity index (χ0v) is 11.5. The third-order valence-corrected chi connectivity index (χ3v) is 4.72. The molecule has 0 saturated carbocycles. The highest BCUT2D eigenvalue weighted by Gasteiger charge is 2.37. The number of nitrogens with zero attached hydrogens (tertiary/aromatic N) is 1. The summed E-state index contributed by atoms with van der Waals surface area (Å²) in [6.45, 7) is 4.01. The van der Waals surface area contributed by atoms with Gasteiger partial charge in [-0.1, -0.05) is 0 Å². The van der Waals surface area contributed by atoms with E-state index >= 15 is 0 Å². The molecule has 100 valence electrons. The van der Waals surface area contributed by atoms with Crippen molar-refractivity contribution < 1.29 is 4.42 Å². The van der Waals surface area contributed by atoms with Crippen LogP contribution in [0, 0.1) is 12.8 Å². The number of piperidine rings is 1. The third-order valence-electron chi connectivity index (χ3n) is 4.72. The van der Waals surface area contributed by atoms with Gasteiger partial charge in [0.05, 0.1) is 6.54 Å². The molecule has 2 saturated heterocycles. The predicted molar refractivity (Wildman–Crippen MR) is 72.4 cm³/mol. The van der Waals surface area contributed by atoms with Gasteiger partial charge in [-0.2, -0.15) is 0 Å². The number of aryl methyl sites for hydroxylation is 1. The number of hydrogen-bond acceptors (Lipinski definition) is 3. The van der Waals surface area contributed by atoms with Gasteiger partial charge in [0.25, 0.3) is 0 Å². The van der Waals surface area contributed by atoms with Gasteiger partial charge in [-0.3, -0.25) is 0 Å². The van der Waals surface area contributed by atoms with Crippen LogP contribution < -0.4 is 5.32 Å². The first kappa shape index (κ1) is 12.2. The molecule has 0 amide bonds. The van der Waals surface area contributed by atoms with Crippen molar-refractivity contribution >= 4 is 0 Å². The maximum Gasteiger partial charge on any atom is 0.117 e. The van der Waals surface area contributed by atoms with E-state index in [1.54, 1.807) is 0 Å². The molecule has 1 aromatic heterocycles. The van der Waals surface area contributed by atoms with Gasteiger partial charge in [0.1, 0.15) is 11.5 Å².